The van der Waals surface area contributed by atoms with Crippen LogP contribution < -0.4 is 0 Å². The largest absolute Gasteiger partial charge is 0.469 e. The number of nitrogens with zero attached hydrogens (tertiary/aromatic N) is 2. The van der Waals surface area contributed by atoms with E-state index in [1.165, 1.54) is 16.7 Å². The summed E-state index contributed by atoms with van der Waals surface area (Å²) in [5.74, 6) is 0.940. The number of fused-ring (bicyclic) bond motifs is 1. The van der Waals surface area contributed by atoms with Crippen molar-refractivity contribution in [2.75, 3.05) is 0 Å². The Balaban J connectivity index is 2.03. The Morgan fingerprint density at radius 2 is 2.18 bits per heavy atom. The zero-order valence-corrected chi connectivity index (χ0v) is 10.0. The molecule has 2 aromatic heterocycles. The first-order valence-electron chi connectivity index (χ1n) is 5.80. The van der Waals surface area contributed by atoms with E-state index in [0.717, 1.165) is 30.0 Å². The van der Waals surface area contributed by atoms with Crippen LogP contribution in [0, 0.1) is 6.92 Å². The van der Waals surface area contributed by atoms with Gasteiger partial charge < -0.3 is 4.42 Å². The lowest BCUT2D eigenvalue weighted by Gasteiger charge is -2.08. The van der Waals surface area contributed by atoms with Crippen molar-refractivity contribution >= 4 is 5.57 Å². The molecule has 3 nitrogen and oxygen atoms in total. The number of rotatable bonds is 2. The maximum atomic E-state index is 5.37. The van der Waals surface area contributed by atoms with Gasteiger partial charge in [-0.05, 0) is 43.5 Å². The summed E-state index contributed by atoms with van der Waals surface area (Å²) in [6, 6.07) is 3.88. The molecule has 0 spiro atoms. The summed E-state index contributed by atoms with van der Waals surface area (Å²) in [5.41, 5.74) is 5.96. The average Bonchev–Trinajstić information content (AvgIpc) is 2.93. The maximum Gasteiger partial charge on any atom is 0.109 e. The van der Waals surface area contributed by atoms with Crippen molar-refractivity contribution in [2.45, 2.75) is 26.7 Å². The van der Waals surface area contributed by atoms with Crippen LogP contribution >= 0.6 is 0 Å². The predicted molar refractivity (Wildman–Crippen MR) is 65.6 cm³/mol. The summed E-state index contributed by atoms with van der Waals surface area (Å²) in [6.45, 7) is 4.16. The molecule has 86 valence electrons. The van der Waals surface area contributed by atoms with Crippen LogP contribution in [0.25, 0.3) is 5.57 Å². The third-order valence-electron chi connectivity index (χ3n) is 3.26. The van der Waals surface area contributed by atoms with E-state index in [1.807, 2.05) is 19.1 Å². The monoisotopic (exact) mass is 226 g/mol. The molecule has 0 aromatic carbocycles. The van der Waals surface area contributed by atoms with E-state index >= 15 is 0 Å². The number of aromatic nitrogens is 2. The first-order valence-corrected chi connectivity index (χ1v) is 5.80. The molecule has 0 atom stereocenters. The van der Waals surface area contributed by atoms with Gasteiger partial charge in [-0.15, -0.1) is 0 Å². The number of hydrogen-bond donors (Lipinski definition) is 0. The topological polar surface area (TPSA) is 38.9 Å². The van der Waals surface area contributed by atoms with Crippen LogP contribution in [0.1, 0.15) is 35.2 Å². The number of hydrogen-bond acceptors (Lipinski definition) is 3. The molecular formula is C14H14N2O. The number of allylic oxidation sites excluding steroid dienone is 2. The van der Waals surface area contributed by atoms with Crippen LogP contribution in [0.2, 0.25) is 0 Å². The predicted octanol–water partition coefficient (Wildman–Crippen LogP) is 2.93. The third-order valence-corrected chi connectivity index (χ3v) is 3.26. The highest BCUT2D eigenvalue weighted by Crippen LogP contribution is 2.31. The van der Waals surface area contributed by atoms with Gasteiger partial charge in [0.05, 0.1) is 24.1 Å². The Morgan fingerprint density at radius 3 is 2.94 bits per heavy atom. The summed E-state index contributed by atoms with van der Waals surface area (Å²) in [7, 11) is 0. The van der Waals surface area contributed by atoms with Crippen LogP contribution in [0.3, 0.4) is 0 Å². The maximum absolute atomic E-state index is 5.37. The Morgan fingerprint density at radius 1 is 1.29 bits per heavy atom. The minimum absolute atomic E-state index is 0.726. The minimum Gasteiger partial charge on any atom is -0.469 e. The Hall–Kier alpha value is -1.90. The molecule has 1 aliphatic rings. The highest BCUT2D eigenvalue weighted by molar-refractivity contribution is 5.73. The molecule has 3 heteroatoms. The summed E-state index contributed by atoms with van der Waals surface area (Å²) in [4.78, 5) is 0. The summed E-state index contributed by atoms with van der Waals surface area (Å²) < 4.78 is 5.37. The van der Waals surface area contributed by atoms with Crippen LogP contribution in [0.15, 0.2) is 28.9 Å². The SMILES string of the molecule is CC1=CCc2c(Cc3ccco3)nnc(C)c21. The summed E-state index contributed by atoms with van der Waals surface area (Å²) in [5, 5.41) is 8.57. The van der Waals surface area contributed by atoms with Gasteiger partial charge in [-0.2, -0.15) is 10.2 Å². The van der Waals surface area contributed by atoms with Crippen LogP contribution in [-0.2, 0) is 12.8 Å². The molecule has 0 saturated heterocycles. The van der Waals surface area contributed by atoms with Crippen LogP contribution in [-0.4, -0.2) is 10.2 Å². The van der Waals surface area contributed by atoms with Crippen molar-refractivity contribution in [1.82, 2.24) is 10.2 Å². The zero-order valence-electron chi connectivity index (χ0n) is 10.0. The lowest BCUT2D eigenvalue weighted by atomic mass is 10.0. The molecule has 0 N–H and O–H groups in total. The molecule has 0 amide bonds. The normalized spacial score (nSPS) is 13.6. The summed E-state index contributed by atoms with van der Waals surface area (Å²) >= 11 is 0. The molecule has 0 radical (unpaired) electrons. The first kappa shape index (κ1) is 10.3. The molecule has 0 aliphatic heterocycles. The van der Waals surface area contributed by atoms with E-state index in [-0.39, 0.29) is 0 Å². The smallest absolute Gasteiger partial charge is 0.109 e. The quantitative estimate of drug-likeness (QED) is 0.790. The van der Waals surface area contributed by atoms with Gasteiger partial charge in [-0.25, -0.2) is 0 Å². The average molecular weight is 226 g/mol. The molecular weight excluding hydrogens is 212 g/mol. The van der Waals surface area contributed by atoms with E-state index in [2.05, 4.69) is 23.2 Å². The molecule has 0 unspecified atom stereocenters. The first-order chi connectivity index (χ1) is 8.25. The molecule has 17 heavy (non-hydrogen) atoms. The second kappa shape index (κ2) is 3.84. The van der Waals surface area contributed by atoms with Crippen molar-refractivity contribution in [3.8, 4) is 0 Å². The van der Waals surface area contributed by atoms with E-state index in [0.29, 0.717) is 0 Å². The van der Waals surface area contributed by atoms with Crippen LogP contribution in [0.4, 0.5) is 0 Å². The lowest BCUT2D eigenvalue weighted by Crippen LogP contribution is -2.04. The molecule has 0 bridgehead atoms. The van der Waals surface area contributed by atoms with Gasteiger partial charge in [0, 0.05) is 5.56 Å². The fourth-order valence-electron chi connectivity index (χ4n) is 2.43. The Labute approximate surface area is 100 Å². The van der Waals surface area contributed by atoms with E-state index in [4.69, 9.17) is 4.42 Å². The highest BCUT2D eigenvalue weighted by atomic mass is 16.3. The van der Waals surface area contributed by atoms with Gasteiger partial charge in [0.25, 0.3) is 0 Å². The molecule has 0 fully saturated rings. The van der Waals surface area contributed by atoms with Crippen LogP contribution in [0.5, 0.6) is 0 Å². The third kappa shape index (κ3) is 1.68. The molecule has 0 saturated carbocycles. The molecule has 2 heterocycles. The number of aryl methyl sites for hydroxylation is 1. The van der Waals surface area contributed by atoms with Gasteiger partial charge in [-0.1, -0.05) is 6.08 Å². The highest BCUT2D eigenvalue weighted by Gasteiger charge is 2.19. The minimum atomic E-state index is 0.726. The standard InChI is InChI=1S/C14H14N2O/c1-9-5-6-12-13(8-11-4-3-7-17-11)16-15-10(2)14(9)12/h3-5,7H,6,8H2,1-2H3. The molecule has 1 aliphatic carbocycles. The Kier molecular flexibility index (Phi) is 2.32. The summed E-state index contributed by atoms with van der Waals surface area (Å²) in [6.07, 6.45) is 5.63. The van der Waals surface area contributed by atoms with Crippen molar-refractivity contribution in [2.24, 2.45) is 0 Å². The van der Waals surface area contributed by atoms with Crippen molar-refractivity contribution in [3.05, 3.63) is 52.7 Å². The van der Waals surface area contributed by atoms with E-state index in [1.54, 1.807) is 6.26 Å². The lowest BCUT2D eigenvalue weighted by molar-refractivity contribution is 0.517. The van der Waals surface area contributed by atoms with Gasteiger partial charge in [0.1, 0.15) is 5.76 Å². The van der Waals surface area contributed by atoms with E-state index in [9.17, 15) is 0 Å². The molecule has 2 aromatic rings. The fraction of sp³-hybridized carbons (Fsp3) is 0.286. The Bertz CT molecular complexity index is 583. The number of furan rings is 1. The van der Waals surface area contributed by atoms with Gasteiger partial charge in [0.15, 0.2) is 0 Å². The van der Waals surface area contributed by atoms with Crippen molar-refractivity contribution < 1.29 is 4.42 Å². The fourth-order valence-corrected chi connectivity index (χ4v) is 2.43. The molecule has 3 rings (SSSR count). The van der Waals surface area contributed by atoms with E-state index < -0.39 is 0 Å². The van der Waals surface area contributed by atoms with Gasteiger partial charge in [0.2, 0.25) is 0 Å². The van der Waals surface area contributed by atoms with Crippen molar-refractivity contribution in [1.29, 1.82) is 0 Å². The van der Waals surface area contributed by atoms with Gasteiger partial charge in [-0.3, -0.25) is 0 Å². The zero-order chi connectivity index (χ0) is 11.8. The van der Waals surface area contributed by atoms with Crippen molar-refractivity contribution in [3.63, 3.8) is 0 Å². The second-order valence-electron chi connectivity index (χ2n) is 4.43. The van der Waals surface area contributed by atoms with Gasteiger partial charge >= 0.3 is 0 Å². The second-order valence-corrected chi connectivity index (χ2v) is 4.43.